The predicted octanol–water partition coefficient (Wildman–Crippen LogP) is 1.92. The first-order valence-electron chi connectivity index (χ1n) is 6.68. The molecule has 0 atom stereocenters. The second-order valence-electron chi connectivity index (χ2n) is 5.36. The number of nitrogens with two attached hydrogens (primary N) is 1. The van der Waals surface area contributed by atoms with Crippen molar-refractivity contribution < 1.29 is 4.74 Å². The van der Waals surface area contributed by atoms with E-state index in [0.717, 1.165) is 24.3 Å². The van der Waals surface area contributed by atoms with E-state index in [1.807, 2.05) is 0 Å². The number of anilines is 2. The molecule has 0 aromatic carbocycles. The Hall–Kier alpha value is -1.52. The van der Waals surface area contributed by atoms with Gasteiger partial charge in [-0.25, -0.2) is 4.98 Å². The van der Waals surface area contributed by atoms with E-state index in [-0.39, 0.29) is 0 Å². The van der Waals surface area contributed by atoms with Crippen molar-refractivity contribution in [3.8, 4) is 5.88 Å². The van der Waals surface area contributed by atoms with Gasteiger partial charge in [0.25, 0.3) is 0 Å². The molecule has 1 aromatic rings. The highest BCUT2D eigenvalue weighted by Gasteiger charge is 2.41. The molecular weight excluding hydrogens is 228 g/mol. The maximum absolute atomic E-state index is 5.95. The largest absolute Gasteiger partial charge is 0.479 e. The minimum Gasteiger partial charge on any atom is -0.479 e. The van der Waals surface area contributed by atoms with E-state index in [0.29, 0.717) is 17.4 Å². The Balaban J connectivity index is 1.65. The highest BCUT2D eigenvalue weighted by Crippen LogP contribution is 2.49. The van der Waals surface area contributed by atoms with Crippen LogP contribution in [0.5, 0.6) is 5.88 Å². The lowest BCUT2D eigenvalue weighted by Gasteiger charge is -2.17. The minimum atomic E-state index is 0.446. The summed E-state index contributed by atoms with van der Waals surface area (Å²) >= 11 is 0. The highest BCUT2D eigenvalue weighted by atomic mass is 16.5. The fourth-order valence-corrected chi connectivity index (χ4v) is 2.66. The topological polar surface area (TPSA) is 73.1 Å². The summed E-state index contributed by atoms with van der Waals surface area (Å²) in [6.45, 7) is 0.972. The number of methoxy groups -OCH3 is 1. The SMILES string of the molecule is COc1ncnc(NCC(C2CC2)C2CC2)c1N. The second-order valence-corrected chi connectivity index (χ2v) is 5.36. The molecule has 0 aliphatic heterocycles. The molecule has 2 aliphatic carbocycles. The van der Waals surface area contributed by atoms with E-state index in [1.165, 1.54) is 32.0 Å². The highest BCUT2D eigenvalue weighted by molar-refractivity contribution is 5.66. The van der Waals surface area contributed by atoms with Crippen molar-refractivity contribution in [1.29, 1.82) is 0 Å². The fourth-order valence-electron chi connectivity index (χ4n) is 2.66. The maximum Gasteiger partial charge on any atom is 0.242 e. The van der Waals surface area contributed by atoms with Crippen molar-refractivity contribution in [3.05, 3.63) is 6.33 Å². The molecule has 0 bridgehead atoms. The zero-order valence-electron chi connectivity index (χ0n) is 10.7. The van der Waals surface area contributed by atoms with Crippen LogP contribution in [0, 0.1) is 17.8 Å². The number of hydrogen-bond acceptors (Lipinski definition) is 5. The predicted molar refractivity (Wildman–Crippen MR) is 70.4 cm³/mol. The molecule has 2 fully saturated rings. The van der Waals surface area contributed by atoms with Gasteiger partial charge in [-0.2, -0.15) is 4.98 Å². The molecule has 2 aliphatic rings. The van der Waals surface area contributed by atoms with E-state index in [9.17, 15) is 0 Å². The van der Waals surface area contributed by atoms with Crippen LogP contribution in [0.4, 0.5) is 11.5 Å². The lowest BCUT2D eigenvalue weighted by Crippen LogP contribution is -2.19. The summed E-state index contributed by atoms with van der Waals surface area (Å²) in [7, 11) is 1.57. The molecule has 18 heavy (non-hydrogen) atoms. The number of nitrogen functional groups attached to an aromatic ring is 1. The minimum absolute atomic E-state index is 0.446. The average Bonchev–Trinajstić information content (AvgIpc) is 3.25. The molecule has 98 valence electrons. The first-order valence-corrected chi connectivity index (χ1v) is 6.68. The van der Waals surface area contributed by atoms with Crippen LogP contribution in [0.1, 0.15) is 25.7 Å². The van der Waals surface area contributed by atoms with Crippen molar-refractivity contribution >= 4 is 11.5 Å². The number of nitrogens with one attached hydrogen (secondary N) is 1. The number of rotatable bonds is 6. The Labute approximate surface area is 107 Å². The van der Waals surface area contributed by atoms with E-state index < -0.39 is 0 Å². The summed E-state index contributed by atoms with van der Waals surface area (Å²) < 4.78 is 5.10. The molecule has 1 heterocycles. The van der Waals surface area contributed by atoms with Gasteiger partial charge in [-0.3, -0.25) is 0 Å². The molecule has 3 rings (SSSR count). The van der Waals surface area contributed by atoms with Gasteiger partial charge in [-0.1, -0.05) is 0 Å². The van der Waals surface area contributed by atoms with Crippen molar-refractivity contribution in [2.45, 2.75) is 25.7 Å². The summed E-state index contributed by atoms with van der Waals surface area (Å²) in [5.74, 6) is 3.80. The van der Waals surface area contributed by atoms with E-state index in [1.54, 1.807) is 7.11 Å². The fraction of sp³-hybridized carbons (Fsp3) is 0.692. The van der Waals surface area contributed by atoms with Crippen LogP contribution in [0.15, 0.2) is 6.33 Å². The van der Waals surface area contributed by atoms with Crippen LogP contribution < -0.4 is 15.8 Å². The Morgan fingerprint density at radius 1 is 1.33 bits per heavy atom. The van der Waals surface area contributed by atoms with Crippen LogP contribution in [0.3, 0.4) is 0 Å². The third-order valence-corrected chi connectivity index (χ3v) is 4.00. The summed E-state index contributed by atoms with van der Waals surface area (Å²) in [6, 6.07) is 0. The molecule has 0 radical (unpaired) electrons. The first kappa shape index (κ1) is 11.6. The number of nitrogens with zero attached hydrogens (tertiary/aromatic N) is 2. The summed E-state index contributed by atoms with van der Waals surface area (Å²) in [5, 5.41) is 3.37. The molecule has 5 nitrogen and oxygen atoms in total. The molecule has 0 unspecified atom stereocenters. The monoisotopic (exact) mass is 248 g/mol. The van der Waals surface area contributed by atoms with E-state index in [2.05, 4.69) is 15.3 Å². The Bertz CT molecular complexity index is 417. The van der Waals surface area contributed by atoms with Gasteiger partial charge >= 0.3 is 0 Å². The van der Waals surface area contributed by atoms with Gasteiger partial charge in [-0.05, 0) is 43.4 Å². The molecule has 0 saturated heterocycles. The normalized spacial score (nSPS) is 19.0. The van der Waals surface area contributed by atoms with Crippen molar-refractivity contribution in [2.75, 3.05) is 24.7 Å². The zero-order chi connectivity index (χ0) is 12.5. The lowest BCUT2D eigenvalue weighted by atomic mass is 9.98. The van der Waals surface area contributed by atoms with Gasteiger partial charge in [0.15, 0.2) is 5.82 Å². The summed E-state index contributed by atoms with van der Waals surface area (Å²) in [5.41, 5.74) is 6.46. The molecular formula is C13H20N4O. The van der Waals surface area contributed by atoms with Gasteiger partial charge in [0.1, 0.15) is 12.0 Å². The van der Waals surface area contributed by atoms with Crippen molar-refractivity contribution in [3.63, 3.8) is 0 Å². The van der Waals surface area contributed by atoms with Crippen LogP contribution >= 0.6 is 0 Å². The smallest absolute Gasteiger partial charge is 0.242 e. The number of ether oxygens (including phenoxy) is 1. The van der Waals surface area contributed by atoms with Crippen LogP contribution in [-0.2, 0) is 0 Å². The Morgan fingerprint density at radius 2 is 2.00 bits per heavy atom. The van der Waals surface area contributed by atoms with Gasteiger partial charge in [0.2, 0.25) is 5.88 Å². The Kier molecular flexibility index (Phi) is 2.97. The first-order chi connectivity index (χ1) is 8.79. The van der Waals surface area contributed by atoms with Crippen LogP contribution in [0.25, 0.3) is 0 Å². The standard InChI is InChI=1S/C13H20N4O/c1-18-13-11(14)12(16-7-17-13)15-6-10(8-2-3-8)9-4-5-9/h7-10H,2-6,14H2,1H3,(H,15,16,17). The third-order valence-electron chi connectivity index (χ3n) is 4.00. The Morgan fingerprint density at radius 3 is 2.56 bits per heavy atom. The second kappa shape index (κ2) is 4.63. The molecule has 2 saturated carbocycles. The molecule has 1 aromatic heterocycles. The number of aromatic nitrogens is 2. The van der Waals surface area contributed by atoms with Crippen molar-refractivity contribution in [1.82, 2.24) is 9.97 Å². The van der Waals surface area contributed by atoms with Gasteiger partial charge < -0.3 is 15.8 Å². The van der Waals surface area contributed by atoms with Gasteiger partial charge in [-0.15, -0.1) is 0 Å². The van der Waals surface area contributed by atoms with Crippen LogP contribution in [0.2, 0.25) is 0 Å². The molecule has 5 heteroatoms. The van der Waals surface area contributed by atoms with E-state index >= 15 is 0 Å². The van der Waals surface area contributed by atoms with Crippen LogP contribution in [-0.4, -0.2) is 23.6 Å². The van der Waals surface area contributed by atoms with Gasteiger partial charge in [0.05, 0.1) is 7.11 Å². The molecule has 0 spiro atoms. The lowest BCUT2D eigenvalue weighted by molar-refractivity contribution is 0.399. The number of hydrogen-bond donors (Lipinski definition) is 2. The van der Waals surface area contributed by atoms with Crippen molar-refractivity contribution in [2.24, 2.45) is 17.8 Å². The maximum atomic E-state index is 5.95. The average molecular weight is 248 g/mol. The van der Waals surface area contributed by atoms with E-state index in [4.69, 9.17) is 10.5 Å². The zero-order valence-corrected chi connectivity index (χ0v) is 10.7. The summed E-state index contributed by atoms with van der Waals surface area (Å²) in [6.07, 6.45) is 7.06. The molecule has 0 amide bonds. The third kappa shape index (κ3) is 2.35. The quantitative estimate of drug-likeness (QED) is 0.804. The van der Waals surface area contributed by atoms with Gasteiger partial charge in [0, 0.05) is 6.54 Å². The molecule has 3 N–H and O–H groups in total. The summed E-state index contributed by atoms with van der Waals surface area (Å²) in [4.78, 5) is 8.17.